The van der Waals surface area contributed by atoms with Crippen LogP contribution in [0.2, 0.25) is 0 Å². The number of carbonyl (C=O) groups excluding carboxylic acids is 2. The highest BCUT2D eigenvalue weighted by Crippen LogP contribution is 2.45. The van der Waals surface area contributed by atoms with E-state index in [-0.39, 0.29) is 18.6 Å². The van der Waals surface area contributed by atoms with Crippen molar-refractivity contribution < 1.29 is 14.3 Å². The lowest BCUT2D eigenvalue weighted by Gasteiger charge is -2.13. The molecule has 0 spiro atoms. The molecular weight excluding hydrogens is 330 g/mol. The van der Waals surface area contributed by atoms with Crippen LogP contribution in [0, 0.1) is 0 Å². The van der Waals surface area contributed by atoms with E-state index in [4.69, 9.17) is 4.74 Å². The molecule has 4 nitrogen and oxygen atoms in total. The predicted molar refractivity (Wildman–Crippen MR) is 96.9 cm³/mol. The first kappa shape index (κ1) is 18.2. The molecule has 0 radical (unpaired) electrons. The zero-order valence-corrected chi connectivity index (χ0v) is 15.2. The number of benzene rings is 1. The number of nitrogens with one attached hydrogen (secondary N) is 1. The van der Waals surface area contributed by atoms with Gasteiger partial charge in [0.25, 0.3) is 5.91 Å². The van der Waals surface area contributed by atoms with E-state index in [0.29, 0.717) is 10.1 Å². The first-order valence-electron chi connectivity index (χ1n) is 7.89. The second-order valence-electron chi connectivity index (χ2n) is 5.53. The lowest BCUT2D eigenvalue weighted by molar-refractivity contribution is -0.124. The van der Waals surface area contributed by atoms with Crippen molar-refractivity contribution >= 4 is 35.4 Å². The minimum atomic E-state index is -0.457. The molecule has 0 bridgehead atoms. The fraction of sp³-hybridized carbons (Fsp3) is 0.529. The van der Waals surface area contributed by atoms with Crippen molar-refractivity contribution in [1.29, 1.82) is 0 Å². The normalized spacial score (nSPS) is 16.1. The van der Waals surface area contributed by atoms with Crippen LogP contribution in [0.4, 0.5) is 0 Å². The standard InChI is InChI=1S/C17H23NO3S2/c1-3-4-12(2)18-15(19)11-21-16(20)13-5-7-14(8-6-13)17-22-9-10-23-17/h5-8,12,17H,3-4,9-11H2,1-2H3,(H,18,19). The average molecular weight is 354 g/mol. The monoisotopic (exact) mass is 353 g/mol. The second kappa shape index (κ2) is 9.23. The zero-order chi connectivity index (χ0) is 16.7. The fourth-order valence-corrected chi connectivity index (χ4v) is 5.22. The maximum atomic E-state index is 12.0. The Kier molecular flexibility index (Phi) is 7.30. The third-order valence-corrected chi connectivity index (χ3v) is 6.61. The highest BCUT2D eigenvalue weighted by atomic mass is 32.2. The van der Waals surface area contributed by atoms with E-state index >= 15 is 0 Å². The van der Waals surface area contributed by atoms with Gasteiger partial charge in [0, 0.05) is 17.5 Å². The highest BCUT2D eigenvalue weighted by Gasteiger charge is 2.19. The van der Waals surface area contributed by atoms with Gasteiger partial charge in [-0.3, -0.25) is 4.79 Å². The molecule has 23 heavy (non-hydrogen) atoms. The molecule has 1 aliphatic heterocycles. The van der Waals surface area contributed by atoms with Crippen LogP contribution in [-0.2, 0) is 9.53 Å². The molecule has 126 valence electrons. The Hall–Kier alpha value is -1.14. The van der Waals surface area contributed by atoms with E-state index in [1.807, 2.05) is 42.6 Å². The molecule has 1 aliphatic rings. The first-order valence-corrected chi connectivity index (χ1v) is 9.99. The van der Waals surface area contributed by atoms with Crippen molar-refractivity contribution in [3.63, 3.8) is 0 Å². The van der Waals surface area contributed by atoms with Gasteiger partial charge in [0.1, 0.15) is 0 Å². The summed E-state index contributed by atoms with van der Waals surface area (Å²) < 4.78 is 5.54. The molecule has 6 heteroatoms. The van der Waals surface area contributed by atoms with Gasteiger partial charge in [-0.05, 0) is 31.0 Å². The summed E-state index contributed by atoms with van der Waals surface area (Å²) in [6.45, 7) is 3.78. The van der Waals surface area contributed by atoms with Gasteiger partial charge in [-0.2, -0.15) is 0 Å². The summed E-state index contributed by atoms with van der Waals surface area (Å²) in [5.41, 5.74) is 1.70. The summed E-state index contributed by atoms with van der Waals surface area (Å²) in [5, 5.41) is 2.81. The van der Waals surface area contributed by atoms with Crippen LogP contribution in [0.5, 0.6) is 0 Å². The van der Waals surface area contributed by atoms with Crippen LogP contribution in [0.15, 0.2) is 24.3 Å². The Balaban J connectivity index is 1.80. The van der Waals surface area contributed by atoms with Gasteiger partial charge in [-0.15, -0.1) is 23.5 Å². The molecule has 2 rings (SSSR count). The van der Waals surface area contributed by atoms with Crippen LogP contribution in [-0.4, -0.2) is 36.0 Å². The molecule has 1 saturated heterocycles. The summed E-state index contributed by atoms with van der Waals surface area (Å²) >= 11 is 3.85. The van der Waals surface area contributed by atoms with E-state index < -0.39 is 5.97 Å². The Labute approximate surface area is 146 Å². The van der Waals surface area contributed by atoms with Gasteiger partial charge in [0.05, 0.1) is 10.1 Å². The molecule has 0 aliphatic carbocycles. The van der Waals surface area contributed by atoms with E-state index in [9.17, 15) is 9.59 Å². The average Bonchev–Trinajstić information content (AvgIpc) is 3.07. The highest BCUT2D eigenvalue weighted by molar-refractivity contribution is 8.19. The third-order valence-electron chi connectivity index (χ3n) is 3.50. The second-order valence-corrected chi connectivity index (χ2v) is 8.25. The van der Waals surface area contributed by atoms with Gasteiger partial charge in [-0.1, -0.05) is 25.5 Å². The molecule has 1 N–H and O–H groups in total. The number of carbonyl (C=O) groups is 2. The van der Waals surface area contributed by atoms with Crippen molar-refractivity contribution in [2.24, 2.45) is 0 Å². The first-order chi connectivity index (χ1) is 11.1. The van der Waals surface area contributed by atoms with Crippen molar-refractivity contribution in [1.82, 2.24) is 5.32 Å². The fourth-order valence-electron chi connectivity index (χ4n) is 2.36. The predicted octanol–water partition coefficient (Wildman–Crippen LogP) is 3.63. The molecule has 1 unspecified atom stereocenters. The minimum Gasteiger partial charge on any atom is -0.452 e. The lowest BCUT2D eigenvalue weighted by atomic mass is 10.1. The molecule has 0 aromatic heterocycles. The van der Waals surface area contributed by atoms with Gasteiger partial charge in [0.2, 0.25) is 0 Å². The summed E-state index contributed by atoms with van der Waals surface area (Å²) in [4.78, 5) is 23.7. The maximum Gasteiger partial charge on any atom is 0.338 e. The molecule has 1 aromatic carbocycles. The lowest BCUT2D eigenvalue weighted by Crippen LogP contribution is -2.35. The van der Waals surface area contributed by atoms with E-state index in [1.165, 1.54) is 17.1 Å². The SMILES string of the molecule is CCCC(C)NC(=O)COC(=O)c1ccc(C2SCCS2)cc1. The van der Waals surface area contributed by atoms with Crippen LogP contribution < -0.4 is 5.32 Å². The van der Waals surface area contributed by atoms with Gasteiger partial charge >= 0.3 is 5.97 Å². The van der Waals surface area contributed by atoms with Crippen molar-refractivity contribution in [2.45, 2.75) is 37.3 Å². The molecule has 0 saturated carbocycles. The van der Waals surface area contributed by atoms with Crippen molar-refractivity contribution in [3.8, 4) is 0 Å². The van der Waals surface area contributed by atoms with Gasteiger partial charge in [-0.25, -0.2) is 4.79 Å². The smallest absolute Gasteiger partial charge is 0.338 e. The van der Waals surface area contributed by atoms with E-state index in [1.54, 1.807) is 12.1 Å². The Morgan fingerprint density at radius 3 is 2.52 bits per heavy atom. The molecule has 1 heterocycles. The number of ether oxygens (including phenoxy) is 1. The number of thioether (sulfide) groups is 2. The van der Waals surface area contributed by atoms with Gasteiger partial charge < -0.3 is 10.1 Å². The maximum absolute atomic E-state index is 12.0. The molecule has 1 fully saturated rings. The number of hydrogen-bond donors (Lipinski definition) is 1. The number of amides is 1. The molecule has 1 atom stereocenters. The summed E-state index contributed by atoms with van der Waals surface area (Å²) in [6, 6.07) is 7.59. The van der Waals surface area contributed by atoms with Crippen LogP contribution in [0.25, 0.3) is 0 Å². The third kappa shape index (κ3) is 5.77. The Bertz CT molecular complexity index is 527. The molecular formula is C17H23NO3S2. The Morgan fingerprint density at radius 2 is 1.91 bits per heavy atom. The quantitative estimate of drug-likeness (QED) is 0.759. The van der Waals surface area contributed by atoms with E-state index in [0.717, 1.165) is 12.8 Å². The number of hydrogen-bond acceptors (Lipinski definition) is 5. The molecule has 1 amide bonds. The topological polar surface area (TPSA) is 55.4 Å². The summed E-state index contributed by atoms with van der Waals surface area (Å²) in [5.74, 6) is 1.63. The molecule has 1 aromatic rings. The van der Waals surface area contributed by atoms with Crippen molar-refractivity contribution in [3.05, 3.63) is 35.4 Å². The summed E-state index contributed by atoms with van der Waals surface area (Å²) in [7, 11) is 0. The van der Waals surface area contributed by atoms with E-state index in [2.05, 4.69) is 12.2 Å². The van der Waals surface area contributed by atoms with Crippen molar-refractivity contribution in [2.75, 3.05) is 18.1 Å². The number of esters is 1. The minimum absolute atomic E-state index is 0.104. The number of rotatable bonds is 7. The van der Waals surface area contributed by atoms with Crippen LogP contribution >= 0.6 is 23.5 Å². The van der Waals surface area contributed by atoms with Crippen LogP contribution in [0.3, 0.4) is 0 Å². The Morgan fingerprint density at radius 1 is 1.26 bits per heavy atom. The largest absolute Gasteiger partial charge is 0.452 e. The zero-order valence-electron chi connectivity index (χ0n) is 13.5. The van der Waals surface area contributed by atoms with Crippen LogP contribution in [0.1, 0.15) is 47.2 Å². The summed E-state index contributed by atoms with van der Waals surface area (Å²) in [6.07, 6.45) is 1.92. The van der Waals surface area contributed by atoms with Gasteiger partial charge in [0.15, 0.2) is 6.61 Å².